The van der Waals surface area contributed by atoms with E-state index in [1.165, 1.54) is 0 Å². The Hall–Kier alpha value is -1.36. The highest BCUT2D eigenvalue weighted by Crippen LogP contribution is 2.16. The van der Waals surface area contributed by atoms with Crippen LogP contribution < -0.4 is 0 Å². The van der Waals surface area contributed by atoms with Crippen LogP contribution in [0.4, 0.5) is 0 Å². The molecular formula is C13H18O4S. The van der Waals surface area contributed by atoms with Crippen LogP contribution >= 0.6 is 0 Å². The van der Waals surface area contributed by atoms with Crippen molar-refractivity contribution in [1.29, 1.82) is 0 Å². The van der Waals surface area contributed by atoms with Gasteiger partial charge >= 0.3 is 5.97 Å². The van der Waals surface area contributed by atoms with Crippen molar-refractivity contribution in [1.82, 2.24) is 0 Å². The zero-order valence-corrected chi connectivity index (χ0v) is 11.7. The number of hydrogen-bond donors (Lipinski definition) is 0. The van der Waals surface area contributed by atoms with Gasteiger partial charge in [-0.3, -0.25) is 4.79 Å². The highest BCUT2D eigenvalue weighted by Gasteiger charge is 2.17. The van der Waals surface area contributed by atoms with E-state index in [9.17, 15) is 13.2 Å². The lowest BCUT2D eigenvalue weighted by molar-refractivity contribution is -0.142. The van der Waals surface area contributed by atoms with Crippen molar-refractivity contribution in [3.8, 4) is 0 Å². The van der Waals surface area contributed by atoms with E-state index < -0.39 is 15.8 Å². The molecule has 0 saturated heterocycles. The molecule has 0 aliphatic rings. The Kier molecular flexibility index (Phi) is 4.90. The number of aryl methyl sites for hydroxylation is 2. The minimum absolute atomic E-state index is 0.108. The maximum atomic E-state index is 12.0. The van der Waals surface area contributed by atoms with Gasteiger partial charge in [-0.25, -0.2) is 8.42 Å². The fourth-order valence-electron chi connectivity index (χ4n) is 1.48. The number of sulfone groups is 1. The van der Waals surface area contributed by atoms with E-state index in [1.54, 1.807) is 25.1 Å². The van der Waals surface area contributed by atoms with Crippen LogP contribution in [0.15, 0.2) is 23.1 Å². The molecule has 0 N–H and O–H groups in total. The Morgan fingerprint density at radius 3 is 2.44 bits per heavy atom. The van der Waals surface area contributed by atoms with Gasteiger partial charge in [0, 0.05) is 0 Å². The lowest BCUT2D eigenvalue weighted by Crippen LogP contribution is -2.13. The summed E-state index contributed by atoms with van der Waals surface area (Å²) in [6.07, 6.45) is -0.108. The standard InChI is InChI=1S/C13H18O4S/c1-4-17-13(14)7-8-18(15,16)12-6-5-10(2)11(3)9-12/h5-6,9H,4,7-8H2,1-3H3. The van der Waals surface area contributed by atoms with Gasteiger partial charge in [-0.15, -0.1) is 0 Å². The van der Waals surface area contributed by atoms with Crippen molar-refractivity contribution in [3.63, 3.8) is 0 Å². The van der Waals surface area contributed by atoms with E-state index in [2.05, 4.69) is 0 Å². The van der Waals surface area contributed by atoms with Gasteiger partial charge in [-0.05, 0) is 44.0 Å². The van der Waals surface area contributed by atoms with Crippen molar-refractivity contribution < 1.29 is 17.9 Å². The molecule has 0 unspecified atom stereocenters. The molecule has 0 aromatic heterocycles. The van der Waals surface area contributed by atoms with Crippen LogP contribution in [-0.2, 0) is 19.4 Å². The zero-order chi connectivity index (χ0) is 13.8. The predicted molar refractivity (Wildman–Crippen MR) is 69.2 cm³/mol. The number of benzene rings is 1. The molecule has 0 spiro atoms. The lowest BCUT2D eigenvalue weighted by atomic mass is 10.1. The predicted octanol–water partition coefficient (Wildman–Crippen LogP) is 2.03. The summed E-state index contributed by atoms with van der Waals surface area (Å²) in [5.41, 5.74) is 1.96. The van der Waals surface area contributed by atoms with Gasteiger partial charge in [0.2, 0.25) is 0 Å². The summed E-state index contributed by atoms with van der Waals surface area (Å²) in [5, 5.41) is 0. The smallest absolute Gasteiger partial charge is 0.306 e. The van der Waals surface area contributed by atoms with Crippen molar-refractivity contribution in [2.75, 3.05) is 12.4 Å². The van der Waals surface area contributed by atoms with Crippen LogP contribution in [0, 0.1) is 13.8 Å². The largest absolute Gasteiger partial charge is 0.466 e. The molecular weight excluding hydrogens is 252 g/mol. The molecule has 0 amide bonds. The molecule has 4 nitrogen and oxygen atoms in total. The van der Waals surface area contributed by atoms with Gasteiger partial charge in [0.1, 0.15) is 0 Å². The van der Waals surface area contributed by atoms with E-state index in [0.717, 1.165) is 11.1 Å². The SMILES string of the molecule is CCOC(=O)CCS(=O)(=O)c1ccc(C)c(C)c1. The molecule has 1 rings (SSSR count). The Labute approximate surface area is 108 Å². The first-order valence-corrected chi connectivity index (χ1v) is 7.47. The lowest BCUT2D eigenvalue weighted by Gasteiger charge is -2.07. The van der Waals surface area contributed by atoms with Crippen molar-refractivity contribution in [2.24, 2.45) is 0 Å². The molecule has 0 atom stereocenters. The number of carbonyl (C=O) groups is 1. The summed E-state index contributed by atoms with van der Waals surface area (Å²) in [6.45, 7) is 5.74. The summed E-state index contributed by atoms with van der Waals surface area (Å²) in [6, 6.07) is 4.98. The highest BCUT2D eigenvalue weighted by molar-refractivity contribution is 7.91. The first-order valence-electron chi connectivity index (χ1n) is 5.82. The number of rotatable bonds is 5. The van der Waals surface area contributed by atoms with E-state index >= 15 is 0 Å². The monoisotopic (exact) mass is 270 g/mol. The van der Waals surface area contributed by atoms with Gasteiger partial charge in [0.25, 0.3) is 0 Å². The van der Waals surface area contributed by atoms with E-state index in [1.807, 2.05) is 13.8 Å². The first kappa shape index (κ1) is 14.7. The van der Waals surface area contributed by atoms with E-state index in [0.29, 0.717) is 0 Å². The summed E-state index contributed by atoms with van der Waals surface area (Å²) >= 11 is 0. The van der Waals surface area contributed by atoms with Crippen LogP contribution in [0.5, 0.6) is 0 Å². The Bertz CT molecular complexity index is 532. The fraction of sp³-hybridized carbons (Fsp3) is 0.462. The average molecular weight is 270 g/mol. The molecule has 0 saturated carbocycles. The van der Waals surface area contributed by atoms with Gasteiger partial charge < -0.3 is 4.74 Å². The molecule has 0 aliphatic carbocycles. The Balaban J connectivity index is 2.80. The van der Waals surface area contributed by atoms with Crippen LogP contribution in [0.3, 0.4) is 0 Å². The maximum Gasteiger partial charge on any atom is 0.306 e. The van der Waals surface area contributed by atoms with Gasteiger partial charge in [0.15, 0.2) is 9.84 Å². The minimum Gasteiger partial charge on any atom is -0.466 e. The number of hydrogen-bond acceptors (Lipinski definition) is 4. The first-order chi connectivity index (χ1) is 8.36. The molecule has 0 fully saturated rings. The maximum absolute atomic E-state index is 12.0. The van der Waals surface area contributed by atoms with E-state index in [-0.39, 0.29) is 23.7 Å². The third-order valence-corrected chi connectivity index (χ3v) is 4.43. The number of ether oxygens (including phenoxy) is 1. The Morgan fingerprint density at radius 1 is 1.22 bits per heavy atom. The summed E-state index contributed by atoms with van der Waals surface area (Å²) in [7, 11) is -3.41. The van der Waals surface area contributed by atoms with Crippen LogP contribution in [-0.4, -0.2) is 26.7 Å². The number of esters is 1. The van der Waals surface area contributed by atoms with Gasteiger partial charge in [-0.2, -0.15) is 0 Å². The van der Waals surface area contributed by atoms with Gasteiger partial charge in [0.05, 0.1) is 23.7 Å². The minimum atomic E-state index is -3.41. The molecule has 0 heterocycles. The Morgan fingerprint density at radius 2 is 1.89 bits per heavy atom. The average Bonchev–Trinajstić information content (AvgIpc) is 2.30. The third-order valence-electron chi connectivity index (χ3n) is 2.72. The van der Waals surface area contributed by atoms with Crippen molar-refractivity contribution in [3.05, 3.63) is 29.3 Å². The molecule has 0 aliphatic heterocycles. The van der Waals surface area contributed by atoms with Crippen LogP contribution in [0.2, 0.25) is 0 Å². The zero-order valence-electron chi connectivity index (χ0n) is 10.9. The summed E-state index contributed by atoms with van der Waals surface area (Å²) < 4.78 is 28.7. The second-order valence-corrected chi connectivity index (χ2v) is 6.23. The molecule has 1 aromatic carbocycles. The van der Waals surface area contributed by atoms with Crippen LogP contribution in [0.25, 0.3) is 0 Å². The quantitative estimate of drug-likeness (QED) is 0.768. The molecule has 0 bridgehead atoms. The van der Waals surface area contributed by atoms with Crippen molar-refractivity contribution >= 4 is 15.8 Å². The molecule has 5 heteroatoms. The van der Waals surface area contributed by atoms with Crippen molar-refractivity contribution in [2.45, 2.75) is 32.1 Å². The normalized spacial score (nSPS) is 11.3. The second kappa shape index (κ2) is 6.00. The topological polar surface area (TPSA) is 60.4 Å². The molecule has 18 heavy (non-hydrogen) atoms. The summed E-state index contributed by atoms with van der Waals surface area (Å²) in [5.74, 6) is -0.696. The second-order valence-electron chi connectivity index (χ2n) is 4.12. The number of carbonyl (C=O) groups excluding carboxylic acids is 1. The third kappa shape index (κ3) is 3.84. The summed E-state index contributed by atoms with van der Waals surface area (Å²) in [4.78, 5) is 11.4. The van der Waals surface area contributed by atoms with Crippen LogP contribution in [0.1, 0.15) is 24.5 Å². The van der Waals surface area contributed by atoms with E-state index in [4.69, 9.17) is 4.74 Å². The van der Waals surface area contributed by atoms with Gasteiger partial charge in [-0.1, -0.05) is 6.07 Å². The molecule has 100 valence electrons. The molecule has 0 radical (unpaired) electrons. The molecule has 1 aromatic rings. The fourth-order valence-corrected chi connectivity index (χ4v) is 2.78. The highest BCUT2D eigenvalue weighted by atomic mass is 32.2.